The summed E-state index contributed by atoms with van der Waals surface area (Å²) in [6.07, 6.45) is 1.73. The zero-order valence-electron chi connectivity index (χ0n) is 19.3. The first-order valence-electron chi connectivity index (χ1n) is 10.7. The smallest absolute Gasteiger partial charge is 0.263 e. The van der Waals surface area contributed by atoms with E-state index in [1.165, 1.54) is 24.6 Å². The van der Waals surface area contributed by atoms with Gasteiger partial charge in [-0.3, -0.25) is 19.2 Å². The number of aryl methyl sites for hydroxylation is 1. The first kappa shape index (κ1) is 25.5. The van der Waals surface area contributed by atoms with E-state index in [9.17, 15) is 19.2 Å². The molecule has 0 saturated carbocycles. The molecule has 1 aliphatic heterocycles. The first-order valence-corrected chi connectivity index (χ1v) is 11.5. The molecule has 11 heteroatoms. The number of carbonyl (C=O) groups excluding carboxylic acids is 4. The van der Waals surface area contributed by atoms with E-state index < -0.39 is 35.4 Å². The van der Waals surface area contributed by atoms with Gasteiger partial charge in [0.2, 0.25) is 11.8 Å². The molecule has 0 radical (unpaired) electrons. The highest BCUT2D eigenvalue weighted by atomic mass is 32.1. The average molecular weight is 489 g/mol. The van der Waals surface area contributed by atoms with Gasteiger partial charge >= 0.3 is 0 Å². The maximum atomic E-state index is 12.9. The van der Waals surface area contributed by atoms with Crippen LogP contribution in [-0.2, 0) is 30.3 Å². The second-order valence-electron chi connectivity index (χ2n) is 8.14. The molecule has 0 aliphatic carbocycles. The molecule has 1 fully saturated rings. The molecule has 0 spiro atoms. The Morgan fingerprint density at radius 3 is 2.47 bits per heavy atom. The summed E-state index contributed by atoms with van der Waals surface area (Å²) in [6, 6.07) is 7.50. The second-order valence-corrected chi connectivity index (χ2v) is 9.37. The molecule has 1 aromatic heterocycles. The number of rotatable bonds is 12. The van der Waals surface area contributed by atoms with Crippen molar-refractivity contribution in [2.45, 2.75) is 38.0 Å². The fourth-order valence-corrected chi connectivity index (χ4v) is 3.94. The molecule has 1 unspecified atom stereocenters. The van der Waals surface area contributed by atoms with Gasteiger partial charge in [0, 0.05) is 7.11 Å². The van der Waals surface area contributed by atoms with Gasteiger partial charge in [-0.05, 0) is 25.8 Å². The Balaban J connectivity index is 1.57. The first-order chi connectivity index (χ1) is 16.2. The monoisotopic (exact) mass is 488 g/mol. The van der Waals surface area contributed by atoms with Crippen LogP contribution < -0.4 is 16.0 Å². The maximum absolute atomic E-state index is 12.9. The van der Waals surface area contributed by atoms with Crippen LogP contribution in [0, 0.1) is 6.92 Å². The minimum atomic E-state index is -1.01. The van der Waals surface area contributed by atoms with Crippen molar-refractivity contribution in [3.8, 4) is 0 Å². The number of ether oxygens (including phenoxy) is 2. The lowest BCUT2D eigenvalue weighted by Crippen LogP contribution is -2.53. The molecular weight excluding hydrogens is 460 g/mol. The Labute approximate surface area is 201 Å². The summed E-state index contributed by atoms with van der Waals surface area (Å²) in [4.78, 5) is 54.8. The number of hydrogen-bond donors (Lipinski definition) is 3. The number of methoxy groups -OCH3 is 1. The van der Waals surface area contributed by atoms with Gasteiger partial charge in [-0.2, -0.15) is 0 Å². The fraction of sp³-hybridized carbons (Fsp3) is 0.435. The number of thiazole rings is 1. The van der Waals surface area contributed by atoms with E-state index in [1.807, 2.05) is 30.3 Å². The van der Waals surface area contributed by atoms with Crippen LogP contribution >= 0.6 is 11.3 Å². The van der Waals surface area contributed by atoms with Gasteiger partial charge in [0.1, 0.15) is 16.5 Å². The number of Topliss-reactive ketones (excluding diaryl/α,β-unsaturated/α-hetero) is 1. The second kappa shape index (κ2) is 11.3. The number of benzene rings is 1. The number of nitrogens with zero attached hydrogens (tertiary/aromatic N) is 1. The van der Waals surface area contributed by atoms with E-state index in [4.69, 9.17) is 9.47 Å². The number of hydrogen-bond acceptors (Lipinski definition) is 8. The van der Waals surface area contributed by atoms with Gasteiger partial charge in [-0.15, -0.1) is 11.3 Å². The lowest BCUT2D eigenvalue weighted by atomic mass is 9.95. The van der Waals surface area contributed by atoms with E-state index >= 15 is 0 Å². The highest BCUT2D eigenvalue weighted by molar-refractivity contribution is 7.13. The molecule has 3 N–H and O–H groups in total. The molecule has 3 rings (SSSR count). The largest absolute Gasteiger partial charge is 0.382 e. The Hall–Kier alpha value is -3.15. The highest BCUT2D eigenvalue weighted by Gasteiger charge is 2.50. The third-order valence-electron chi connectivity index (χ3n) is 5.26. The molecule has 0 bridgehead atoms. The molecule has 1 saturated heterocycles. The summed E-state index contributed by atoms with van der Waals surface area (Å²) >= 11 is 1.20. The molecular formula is C23H28N4O6S. The lowest BCUT2D eigenvalue weighted by molar-refractivity contribution is -0.131. The Kier molecular flexibility index (Phi) is 8.48. The minimum absolute atomic E-state index is 0.0816. The van der Waals surface area contributed by atoms with Crippen molar-refractivity contribution in [3.63, 3.8) is 0 Å². The Bertz CT molecular complexity index is 1040. The van der Waals surface area contributed by atoms with Crippen molar-refractivity contribution < 1.29 is 28.7 Å². The standard InChI is InChI=1S/C23H28N4O6S/c1-14-24-10-18(34-14)22(31)27-17(12-32-3)21(30)25-11-19(28)26-16(20(29)23(2)13-33-23)9-15-7-5-4-6-8-15/h4-8,10,16-17H,9,11-13H2,1-3H3,(H,25,30)(H,26,28)(H,27,31)/t16-,17?,23+/m0/s1. The van der Waals surface area contributed by atoms with E-state index in [-0.39, 0.29) is 18.9 Å². The summed E-state index contributed by atoms with van der Waals surface area (Å²) in [6.45, 7) is 3.31. The van der Waals surface area contributed by atoms with Crippen LogP contribution in [0.1, 0.15) is 27.2 Å². The minimum Gasteiger partial charge on any atom is -0.382 e. The van der Waals surface area contributed by atoms with Gasteiger partial charge in [0.25, 0.3) is 5.91 Å². The molecule has 2 heterocycles. The molecule has 182 valence electrons. The van der Waals surface area contributed by atoms with Crippen LogP contribution in [0.3, 0.4) is 0 Å². The van der Waals surface area contributed by atoms with Crippen LogP contribution in [0.15, 0.2) is 36.5 Å². The van der Waals surface area contributed by atoms with Crippen molar-refractivity contribution in [1.29, 1.82) is 0 Å². The Morgan fingerprint density at radius 2 is 1.88 bits per heavy atom. The fourth-order valence-electron chi connectivity index (χ4n) is 3.26. The molecule has 10 nitrogen and oxygen atoms in total. The quantitative estimate of drug-likeness (QED) is 0.368. The van der Waals surface area contributed by atoms with Crippen LogP contribution in [0.25, 0.3) is 0 Å². The van der Waals surface area contributed by atoms with E-state index in [0.717, 1.165) is 10.6 Å². The van der Waals surface area contributed by atoms with E-state index in [1.54, 1.807) is 13.8 Å². The predicted molar refractivity (Wildman–Crippen MR) is 124 cm³/mol. The van der Waals surface area contributed by atoms with Crippen molar-refractivity contribution in [2.75, 3.05) is 26.9 Å². The van der Waals surface area contributed by atoms with Crippen LogP contribution in [0.5, 0.6) is 0 Å². The van der Waals surface area contributed by atoms with Gasteiger partial charge < -0.3 is 25.4 Å². The van der Waals surface area contributed by atoms with Crippen molar-refractivity contribution in [1.82, 2.24) is 20.9 Å². The zero-order chi connectivity index (χ0) is 24.7. The summed E-state index contributed by atoms with van der Waals surface area (Å²) in [5.41, 5.74) is -0.0191. The lowest BCUT2D eigenvalue weighted by Gasteiger charge is -2.21. The molecule has 1 aromatic carbocycles. The van der Waals surface area contributed by atoms with Crippen molar-refractivity contribution in [2.24, 2.45) is 0 Å². The number of carbonyl (C=O) groups is 4. The molecule has 34 heavy (non-hydrogen) atoms. The number of nitrogens with one attached hydrogen (secondary N) is 3. The number of epoxide rings is 1. The van der Waals surface area contributed by atoms with Gasteiger partial charge in [0.15, 0.2) is 5.78 Å². The van der Waals surface area contributed by atoms with Gasteiger partial charge in [0.05, 0.1) is 37.0 Å². The normalized spacial score (nSPS) is 18.4. The Morgan fingerprint density at radius 1 is 1.18 bits per heavy atom. The van der Waals surface area contributed by atoms with Gasteiger partial charge in [-0.1, -0.05) is 30.3 Å². The van der Waals surface area contributed by atoms with E-state index in [0.29, 0.717) is 17.9 Å². The summed E-state index contributed by atoms with van der Waals surface area (Å²) in [7, 11) is 1.40. The molecule has 3 atom stereocenters. The average Bonchev–Trinajstić information content (AvgIpc) is 3.42. The van der Waals surface area contributed by atoms with Crippen molar-refractivity contribution in [3.05, 3.63) is 52.0 Å². The van der Waals surface area contributed by atoms with E-state index in [2.05, 4.69) is 20.9 Å². The summed E-state index contributed by atoms with van der Waals surface area (Å²) in [5, 5.41) is 8.50. The third-order valence-corrected chi connectivity index (χ3v) is 6.17. The van der Waals surface area contributed by atoms with Crippen LogP contribution in [0.4, 0.5) is 0 Å². The molecule has 3 amide bonds. The predicted octanol–water partition coefficient (Wildman–Crippen LogP) is 0.398. The van der Waals surface area contributed by atoms with Gasteiger partial charge in [-0.25, -0.2) is 4.98 Å². The number of aromatic nitrogens is 1. The number of amides is 3. The number of ketones is 1. The zero-order valence-corrected chi connectivity index (χ0v) is 20.1. The molecule has 1 aliphatic rings. The topological polar surface area (TPSA) is 139 Å². The third kappa shape index (κ3) is 6.92. The summed E-state index contributed by atoms with van der Waals surface area (Å²) in [5.74, 6) is -1.80. The SMILES string of the molecule is COCC(NC(=O)c1cnc(C)s1)C(=O)NCC(=O)N[C@@H](Cc1ccccc1)C(=O)[C@@]1(C)CO1. The van der Waals surface area contributed by atoms with Crippen LogP contribution in [-0.4, -0.2) is 73.0 Å². The van der Waals surface area contributed by atoms with Crippen molar-refractivity contribution >= 4 is 34.8 Å². The summed E-state index contributed by atoms with van der Waals surface area (Å²) < 4.78 is 10.3. The van der Waals surface area contributed by atoms with Crippen LogP contribution in [0.2, 0.25) is 0 Å². The highest BCUT2D eigenvalue weighted by Crippen LogP contribution is 2.29. The maximum Gasteiger partial charge on any atom is 0.263 e. The molecule has 2 aromatic rings.